The second kappa shape index (κ2) is 7.09. The standard InChI is InChI=1S/C17H14N4O2/c18-11-14-4-6-16(7-5-14)22-8-9-23-17-3-1-2-15(10-17)21-13-19-12-20-21/h1-7,10,12-13H,8-9H2. The molecule has 0 saturated heterocycles. The molecule has 23 heavy (non-hydrogen) atoms. The molecule has 0 aliphatic rings. The molecule has 3 rings (SSSR count). The van der Waals surface area contributed by atoms with E-state index in [1.54, 1.807) is 35.3 Å². The number of benzene rings is 2. The average molecular weight is 306 g/mol. The molecule has 0 fully saturated rings. The maximum atomic E-state index is 8.74. The summed E-state index contributed by atoms with van der Waals surface area (Å²) < 4.78 is 12.9. The molecule has 3 aromatic rings. The molecular formula is C17H14N4O2. The van der Waals surface area contributed by atoms with Gasteiger partial charge in [0.25, 0.3) is 0 Å². The van der Waals surface area contributed by atoms with Crippen LogP contribution in [0, 0.1) is 11.3 Å². The second-order valence-corrected chi connectivity index (χ2v) is 4.67. The molecule has 114 valence electrons. The molecule has 0 spiro atoms. The quantitative estimate of drug-likeness (QED) is 0.654. The molecule has 1 aromatic heterocycles. The topological polar surface area (TPSA) is 73.0 Å². The van der Waals surface area contributed by atoms with E-state index in [2.05, 4.69) is 16.2 Å². The van der Waals surface area contributed by atoms with E-state index in [4.69, 9.17) is 14.7 Å². The second-order valence-electron chi connectivity index (χ2n) is 4.67. The van der Waals surface area contributed by atoms with Crippen molar-refractivity contribution in [3.8, 4) is 23.3 Å². The predicted octanol–water partition coefficient (Wildman–Crippen LogP) is 2.60. The number of hydrogen-bond acceptors (Lipinski definition) is 5. The lowest BCUT2D eigenvalue weighted by molar-refractivity contribution is 0.217. The summed E-state index contributed by atoms with van der Waals surface area (Å²) >= 11 is 0. The van der Waals surface area contributed by atoms with Crippen LogP contribution in [0.15, 0.2) is 61.2 Å². The lowest BCUT2D eigenvalue weighted by atomic mass is 10.2. The van der Waals surface area contributed by atoms with Gasteiger partial charge in [-0.15, -0.1) is 0 Å². The molecule has 0 saturated carbocycles. The van der Waals surface area contributed by atoms with Crippen molar-refractivity contribution in [1.82, 2.24) is 14.8 Å². The van der Waals surface area contributed by atoms with E-state index in [9.17, 15) is 0 Å². The minimum absolute atomic E-state index is 0.416. The Bertz CT molecular complexity index is 792. The summed E-state index contributed by atoms with van der Waals surface area (Å²) in [6.45, 7) is 0.834. The van der Waals surface area contributed by atoms with E-state index in [0.717, 1.165) is 11.4 Å². The number of nitriles is 1. The lowest BCUT2D eigenvalue weighted by Gasteiger charge is -2.09. The Morgan fingerprint density at radius 3 is 2.48 bits per heavy atom. The summed E-state index contributed by atoms with van der Waals surface area (Å²) in [6.07, 6.45) is 3.12. The van der Waals surface area contributed by atoms with Gasteiger partial charge >= 0.3 is 0 Å². The number of hydrogen-bond donors (Lipinski definition) is 0. The van der Waals surface area contributed by atoms with Crippen molar-refractivity contribution in [2.45, 2.75) is 0 Å². The van der Waals surface area contributed by atoms with E-state index < -0.39 is 0 Å². The zero-order chi connectivity index (χ0) is 15.9. The molecule has 0 N–H and O–H groups in total. The molecule has 0 unspecified atom stereocenters. The van der Waals surface area contributed by atoms with Gasteiger partial charge in [-0.2, -0.15) is 10.4 Å². The SMILES string of the molecule is N#Cc1ccc(OCCOc2cccc(-n3cncn3)c2)cc1. The molecule has 2 aromatic carbocycles. The fourth-order valence-corrected chi connectivity index (χ4v) is 2.00. The Kier molecular flexibility index (Phi) is 4.50. The maximum absolute atomic E-state index is 8.74. The van der Waals surface area contributed by atoms with Crippen molar-refractivity contribution in [2.75, 3.05) is 13.2 Å². The molecular weight excluding hydrogens is 292 g/mol. The van der Waals surface area contributed by atoms with Crippen molar-refractivity contribution < 1.29 is 9.47 Å². The molecule has 6 nitrogen and oxygen atoms in total. The number of ether oxygens (including phenoxy) is 2. The summed E-state index contributed by atoms with van der Waals surface area (Å²) in [6, 6.07) is 16.6. The number of rotatable bonds is 6. The van der Waals surface area contributed by atoms with Crippen LogP contribution in [0.2, 0.25) is 0 Å². The highest BCUT2D eigenvalue weighted by Crippen LogP contribution is 2.16. The molecule has 1 heterocycles. The Morgan fingerprint density at radius 2 is 1.78 bits per heavy atom. The molecule has 0 aliphatic heterocycles. The summed E-state index contributed by atoms with van der Waals surface area (Å²) in [4.78, 5) is 3.92. The maximum Gasteiger partial charge on any atom is 0.138 e. The van der Waals surface area contributed by atoms with Gasteiger partial charge in [-0.1, -0.05) is 6.07 Å². The van der Waals surface area contributed by atoms with Crippen LogP contribution >= 0.6 is 0 Å². The van der Waals surface area contributed by atoms with E-state index in [1.807, 2.05) is 24.3 Å². The third kappa shape index (κ3) is 3.86. The highest BCUT2D eigenvalue weighted by Gasteiger charge is 2.00. The first kappa shape index (κ1) is 14.6. The van der Waals surface area contributed by atoms with Crippen LogP contribution in [-0.4, -0.2) is 28.0 Å². The molecule has 0 amide bonds. The largest absolute Gasteiger partial charge is 0.490 e. The fourth-order valence-electron chi connectivity index (χ4n) is 2.00. The first-order valence-electron chi connectivity index (χ1n) is 7.06. The van der Waals surface area contributed by atoms with E-state index in [0.29, 0.717) is 24.5 Å². The summed E-state index contributed by atoms with van der Waals surface area (Å²) in [5.41, 5.74) is 1.49. The smallest absolute Gasteiger partial charge is 0.138 e. The van der Waals surface area contributed by atoms with Crippen LogP contribution < -0.4 is 9.47 Å². The minimum Gasteiger partial charge on any atom is -0.490 e. The number of nitrogens with zero attached hydrogens (tertiary/aromatic N) is 4. The van der Waals surface area contributed by atoms with Crippen LogP contribution in [0.4, 0.5) is 0 Å². The summed E-state index contributed by atoms with van der Waals surface area (Å²) in [5, 5.41) is 12.8. The van der Waals surface area contributed by atoms with Crippen LogP contribution in [0.1, 0.15) is 5.56 Å². The molecule has 0 atom stereocenters. The van der Waals surface area contributed by atoms with Crippen LogP contribution in [0.25, 0.3) is 5.69 Å². The van der Waals surface area contributed by atoms with Gasteiger partial charge < -0.3 is 9.47 Å². The van der Waals surface area contributed by atoms with Crippen molar-refractivity contribution in [3.05, 3.63) is 66.7 Å². The highest BCUT2D eigenvalue weighted by molar-refractivity contribution is 5.38. The van der Waals surface area contributed by atoms with E-state index in [-0.39, 0.29) is 0 Å². The van der Waals surface area contributed by atoms with Crippen molar-refractivity contribution in [2.24, 2.45) is 0 Å². The summed E-state index contributed by atoms with van der Waals surface area (Å²) in [5.74, 6) is 1.45. The van der Waals surface area contributed by atoms with Gasteiger partial charge in [0, 0.05) is 6.07 Å². The Balaban J connectivity index is 1.51. The van der Waals surface area contributed by atoms with Gasteiger partial charge in [-0.3, -0.25) is 0 Å². The van der Waals surface area contributed by atoms with Crippen molar-refractivity contribution in [1.29, 1.82) is 5.26 Å². The first-order valence-corrected chi connectivity index (χ1v) is 7.06. The molecule has 0 aliphatic carbocycles. The van der Waals surface area contributed by atoms with Crippen LogP contribution in [-0.2, 0) is 0 Å². The van der Waals surface area contributed by atoms with Gasteiger partial charge in [0.1, 0.15) is 37.4 Å². The minimum atomic E-state index is 0.416. The predicted molar refractivity (Wildman–Crippen MR) is 83.5 cm³/mol. The normalized spacial score (nSPS) is 10.0. The average Bonchev–Trinajstić information content (AvgIpc) is 3.14. The van der Waals surface area contributed by atoms with E-state index >= 15 is 0 Å². The first-order chi connectivity index (χ1) is 11.3. The van der Waals surface area contributed by atoms with Crippen LogP contribution in [0.3, 0.4) is 0 Å². The van der Waals surface area contributed by atoms with Gasteiger partial charge in [-0.05, 0) is 36.4 Å². The monoisotopic (exact) mass is 306 g/mol. The molecule has 0 radical (unpaired) electrons. The zero-order valence-corrected chi connectivity index (χ0v) is 12.3. The Morgan fingerprint density at radius 1 is 1.00 bits per heavy atom. The van der Waals surface area contributed by atoms with Gasteiger partial charge in [0.15, 0.2) is 0 Å². The third-order valence-corrected chi connectivity index (χ3v) is 3.11. The fraction of sp³-hybridized carbons (Fsp3) is 0.118. The third-order valence-electron chi connectivity index (χ3n) is 3.11. The van der Waals surface area contributed by atoms with Crippen LogP contribution in [0.5, 0.6) is 11.5 Å². The number of aromatic nitrogens is 3. The zero-order valence-electron chi connectivity index (χ0n) is 12.3. The molecule has 0 bridgehead atoms. The van der Waals surface area contributed by atoms with Gasteiger partial charge in [0.2, 0.25) is 0 Å². The molecule has 6 heteroatoms. The van der Waals surface area contributed by atoms with Crippen molar-refractivity contribution >= 4 is 0 Å². The van der Waals surface area contributed by atoms with E-state index in [1.165, 1.54) is 6.33 Å². The Labute approximate surface area is 133 Å². The van der Waals surface area contributed by atoms with Gasteiger partial charge in [0.05, 0.1) is 17.3 Å². The summed E-state index contributed by atoms with van der Waals surface area (Å²) in [7, 11) is 0. The van der Waals surface area contributed by atoms with Gasteiger partial charge in [-0.25, -0.2) is 9.67 Å². The highest BCUT2D eigenvalue weighted by atomic mass is 16.5. The Hall–Kier alpha value is -3.33. The lowest BCUT2D eigenvalue weighted by Crippen LogP contribution is -2.09. The van der Waals surface area contributed by atoms with Crippen molar-refractivity contribution in [3.63, 3.8) is 0 Å².